The molecule has 3 rings (SSSR count). The molecule has 6 heteroatoms. The Kier molecular flexibility index (Phi) is 5.36. The van der Waals surface area contributed by atoms with Gasteiger partial charge in [0.25, 0.3) is 5.91 Å². The maximum Gasteiger partial charge on any atom is 0.251 e. The van der Waals surface area contributed by atoms with Crippen LogP contribution in [0.2, 0.25) is 0 Å². The zero-order valence-corrected chi connectivity index (χ0v) is 14.9. The summed E-state index contributed by atoms with van der Waals surface area (Å²) in [6, 6.07) is 7.18. The van der Waals surface area contributed by atoms with E-state index >= 15 is 0 Å². The molecule has 0 saturated heterocycles. The standard InChI is InChI=1S/C19H25N3O3/c1-3-8-19(9-5-10-19)13-20-18(23)15-6-4-7-16(11-15)24-12-17-21-14(2)25-22-17/h4,6-7,11H,3,5,8-10,12-13H2,1-2H3,(H,20,23). The van der Waals surface area contributed by atoms with Crippen molar-refractivity contribution in [2.75, 3.05) is 6.54 Å². The first kappa shape index (κ1) is 17.5. The molecule has 0 aliphatic heterocycles. The van der Waals surface area contributed by atoms with Gasteiger partial charge < -0.3 is 14.6 Å². The topological polar surface area (TPSA) is 77.2 Å². The molecule has 0 atom stereocenters. The lowest BCUT2D eigenvalue weighted by molar-refractivity contribution is 0.0832. The molecule has 0 radical (unpaired) electrons. The van der Waals surface area contributed by atoms with E-state index in [4.69, 9.17) is 9.26 Å². The van der Waals surface area contributed by atoms with E-state index < -0.39 is 0 Å². The Bertz CT molecular complexity index is 722. The minimum atomic E-state index is -0.0526. The van der Waals surface area contributed by atoms with Gasteiger partial charge in [0.05, 0.1) is 0 Å². The van der Waals surface area contributed by atoms with Crippen molar-refractivity contribution in [3.05, 3.63) is 41.5 Å². The summed E-state index contributed by atoms with van der Waals surface area (Å²) in [5.74, 6) is 1.55. The molecule has 1 aromatic heterocycles. The van der Waals surface area contributed by atoms with Crippen LogP contribution in [0.15, 0.2) is 28.8 Å². The number of hydrogen-bond donors (Lipinski definition) is 1. The molecule has 1 aliphatic rings. The van der Waals surface area contributed by atoms with Crippen molar-refractivity contribution in [1.29, 1.82) is 0 Å². The number of carbonyl (C=O) groups is 1. The lowest BCUT2D eigenvalue weighted by Crippen LogP contribution is -2.42. The van der Waals surface area contributed by atoms with Gasteiger partial charge in [0.1, 0.15) is 5.75 Å². The highest BCUT2D eigenvalue weighted by molar-refractivity contribution is 5.94. The van der Waals surface area contributed by atoms with Crippen LogP contribution >= 0.6 is 0 Å². The molecule has 1 amide bonds. The highest BCUT2D eigenvalue weighted by Gasteiger charge is 2.36. The van der Waals surface area contributed by atoms with E-state index in [1.165, 1.54) is 25.7 Å². The van der Waals surface area contributed by atoms with E-state index in [0.717, 1.165) is 13.0 Å². The van der Waals surface area contributed by atoms with Crippen LogP contribution in [0.5, 0.6) is 5.75 Å². The quantitative estimate of drug-likeness (QED) is 0.791. The predicted molar refractivity (Wildman–Crippen MR) is 93.3 cm³/mol. The fraction of sp³-hybridized carbons (Fsp3) is 0.526. The second kappa shape index (κ2) is 7.68. The van der Waals surface area contributed by atoms with E-state index in [2.05, 4.69) is 22.4 Å². The lowest BCUT2D eigenvalue weighted by Gasteiger charge is -2.42. The molecule has 2 aromatic rings. The summed E-state index contributed by atoms with van der Waals surface area (Å²) in [6.45, 7) is 4.90. The molecule has 6 nitrogen and oxygen atoms in total. The van der Waals surface area contributed by atoms with Crippen LogP contribution in [-0.4, -0.2) is 22.6 Å². The normalized spacial score (nSPS) is 15.4. The third-order valence-electron chi connectivity index (χ3n) is 4.85. The summed E-state index contributed by atoms with van der Waals surface area (Å²) in [6.07, 6.45) is 6.05. The second-order valence-electron chi connectivity index (χ2n) is 6.83. The number of aromatic nitrogens is 2. The number of aryl methyl sites for hydroxylation is 1. The molecule has 1 N–H and O–H groups in total. The first-order chi connectivity index (χ1) is 12.1. The minimum Gasteiger partial charge on any atom is -0.485 e. The van der Waals surface area contributed by atoms with Crippen molar-refractivity contribution < 1.29 is 14.1 Å². The van der Waals surface area contributed by atoms with E-state index in [1.54, 1.807) is 19.1 Å². The first-order valence-corrected chi connectivity index (χ1v) is 8.90. The molecule has 0 bridgehead atoms. The molecule has 1 fully saturated rings. The Morgan fingerprint density at radius 3 is 2.88 bits per heavy atom. The van der Waals surface area contributed by atoms with Crippen LogP contribution in [0.1, 0.15) is 61.1 Å². The molecule has 25 heavy (non-hydrogen) atoms. The highest BCUT2D eigenvalue weighted by atomic mass is 16.5. The molecule has 1 heterocycles. The summed E-state index contributed by atoms with van der Waals surface area (Å²) in [7, 11) is 0. The molecule has 1 saturated carbocycles. The van der Waals surface area contributed by atoms with Crippen LogP contribution in [0.25, 0.3) is 0 Å². The van der Waals surface area contributed by atoms with Gasteiger partial charge in [0.2, 0.25) is 11.7 Å². The SMILES string of the molecule is CCCC1(CNC(=O)c2cccc(OCc3noc(C)n3)c2)CCC1. The van der Waals surface area contributed by atoms with Crippen LogP contribution in [0.3, 0.4) is 0 Å². The fourth-order valence-electron chi connectivity index (χ4n) is 3.37. The van der Waals surface area contributed by atoms with Gasteiger partial charge in [-0.3, -0.25) is 4.79 Å². The van der Waals surface area contributed by atoms with Crippen LogP contribution < -0.4 is 10.1 Å². The molecule has 0 spiro atoms. The van der Waals surface area contributed by atoms with Crippen molar-refractivity contribution in [2.24, 2.45) is 5.41 Å². The Hall–Kier alpha value is -2.37. The number of ether oxygens (including phenoxy) is 1. The highest BCUT2D eigenvalue weighted by Crippen LogP contribution is 2.44. The third kappa shape index (κ3) is 4.38. The van der Waals surface area contributed by atoms with E-state index in [9.17, 15) is 4.79 Å². The molecule has 1 aliphatic carbocycles. The molecule has 1 aromatic carbocycles. The number of nitrogens with zero attached hydrogens (tertiary/aromatic N) is 2. The fourth-order valence-corrected chi connectivity index (χ4v) is 3.37. The van der Waals surface area contributed by atoms with Crippen molar-refractivity contribution in [3.63, 3.8) is 0 Å². The number of hydrogen-bond acceptors (Lipinski definition) is 5. The molecular weight excluding hydrogens is 318 g/mol. The number of amides is 1. The smallest absolute Gasteiger partial charge is 0.251 e. The maximum absolute atomic E-state index is 12.5. The predicted octanol–water partition coefficient (Wildman–Crippen LogP) is 3.66. The van der Waals surface area contributed by atoms with Gasteiger partial charge >= 0.3 is 0 Å². The second-order valence-corrected chi connectivity index (χ2v) is 6.83. The van der Waals surface area contributed by atoms with E-state index in [1.807, 2.05) is 12.1 Å². The number of rotatable bonds is 8. The monoisotopic (exact) mass is 343 g/mol. The van der Waals surface area contributed by atoms with Crippen molar-refractivity contribution in [3.8, 4) is 5.75 Å². The lowest BCUT2D eigenvalue weighted by atomic mass is 9.66. The van der Waals surface area contributed by atoms with Crippen molar-refractivity contribution in [1.82, 2.24) is 15.5 Å². The Morgan fingerprint density at radius 2 is 2.24 bits per heavy atom. The number of nitrogens with one attached hydrogen (secondary N) is 1. The van der Waals surface area contributed by atoms with Gasteiger partial charge in [0, 0.05) is 19.0 Å². The van der Waals surface area contributed by atoms with Crippen LogP contribution in [-0.2, 0) is 6.61 Å². The van der Waals surface area contributed by atoms with Crippen molar-refractivity contribution >= 4 is 5.91 Å². The summed E-state index contributed by atoms with van der Waals surface area (Å²) in [4.78, 5) is 16.6. The summed E-state index contributed by atoms with van der Waals surface area (Å²) < 4.78 is 10.6. The average molecular weight is 343 g/mol. The van der Waals surface area contributed by atoms with Gasteiger partial charge in [-0.1, -0.05) is 31.0 Å². The van der Waals surface area contributed by atoms with Gasteiger partial charge in [-0.05, 0) is 42.9 Å². The summed E-state index contributed by atoms with van der Waals surface area (Å²) in [5.41, 5.74) is 0.919. The van der Waals surface area contributed by atoms with Gasteiger partial charge in [0.15, 0.2) is 6.61 Å². The third-order valence-corrected chi connectivity index (χ3v) is 4.85. The van der Waals surface area contributed by atoms with Gasteiger partial charge in [-0.25, -0.2) is 0 Å². The Morgan fingerprint density at radius 1 is 1.40 bits per heavy atom. The number of benzene rings is 1. The number of carbonyl (C=O) groups excluding carboxylic acids is 1. The molecular formula is C19H25N3O3. The van der Waals surface area contributed by atoms with E-state index in [0.29, 0.717) is 28.4 Å². The zero-order chi connectivity index (χ0) is 17.7. The first-order valence-electron chi connectivity index (χ1n) is 8.90. The molecule has 0 unspecified atom stereocenters. The summed E-state index contributed by atoms with van der Waals surface area (Å²) >= 11 is 0. The minimum absolute atomic E-state index is 0.0526. The average Bonchev–Trinajstić information content (AvgIpc) is 3.00. The molecule has 134 valence electrons. The van der Waals surface area contributed by atoms with Crippen molar-refractivity contribution in [2.45, 2.75) is 52.6 Å². The van der Waals surface area contributed by atoms with Gasteiger partial charge in [-0.2, -0.15) is 4.98 Å². The van der Waals surface area contributed by atoms with Crippen LogP contribution in [0, 0.1) is 12.3 Å². The van der Waals surface area contributed by atoms with E-state index in [-0.39, 0.29) is 12.5 Å². The summed E-state index contributed by atoms with van der Waals surface area (Å²) in [5, 5.41) is 6.88. The maximum atomic E-state index is 12.5. The Labute approximate surface area is 148 Å². The van der Waals surface area contributed by atoms with Crippen LogP contribution in [0.4, 0.5) is 0 Å². The Balaban J connectivity index is 1.55. The zero-order valence-electron chi connectivity index (χ0n) is 14.9. The largest absolute Gasteiger partial charge is 0.485 e. The van der Waals surface area contributed by atoms with Gasteiger partial charge in [-0.15, -0.1) is 0 Å².